The summed E-state index contributed by atoms with van der Waals surface area (Å²) in [5, 5.41) is 7.88. The minimum atomic E-state index is 0.692. The number of nitrogens with zero attached hydrogens (tertiary/aromatic N) is 4. The van der Waals surface area contributed by atoms with Crippen molar-refractivity contribution in [3.63, 3.8) is 0 Å². The Kier molecular flexibility index (Phi) is 10.2. The summed E-state index contributed by atoms with van der Waals surface area (Å²) >= 11 is 0. The molecule has 12 aromatic rings. The Bertz CT molecular complexity index is 3700. The maximum atomic E-state index is 5.57. The number of fused-ring (bicyclic) bond motifs is 3. The topological polar surface area (TPSA) is 43.1 Å². The first-order valence-corrected chi connectivity index (χ1v) is 22.7. The van der Waals surface area contributed by atoms with E-state index >= 15 is 0 Å². The van der Waals surface area contributed by atoms with Crippen molar-refractivity contribution in [2.75, 3.05) is 0 Å². The third kappa shape index (κ3) is 7.47. The van der Waals surface area contributed by atoms with E-state index in [1.54, 1.807) is 0 Å². The summed E-state index contributed by atoms with van der Waals surface area (Å²) in [5.74, 6) is 0.692. The van der Waals surface area contributed by atoms with Gasteiger partial charge in [-0.05, 0) is 57.0 Å². The zero-order valence-corrected chi connectivity index (χ0v) is 36.5. The molecule has 4 nitrogen and oxygen atoms in total. The van der Waals surface area contributed by atoms with Crippen molar-refractivity contribution in [3.05, 3.63) is 255 Å². The first-order chi connectivity index (χ1) is 33.2. The van der Waals surface area contributed by atoms with Crippen LogP contribution in [0.4, 0.5) is 0 Å². The van der Waals surface area contributed by atoms with Crippen LogP contribution in [-0.4, -0.2) is 19.6 Å². The van der Waals surface area contributed by atoms with Crippen LogP contribution in [0.15, 0.2) is 255 Å². The molecule has 12 rings (SSSR count). The van der Waals surface area contributed by atoms with Gasteiger partial charge in [-0.1, -0.05) is 237 Å². The normalized spacial score (nSPS) is 11.3. The van der Waals surface area contributed by atoms with Crippen LogP contribution in [0, 0.1) is 0 Å². The molecule has 0 amide bonds. The fourth-order valence-corrected chi connectivity index (χ4v) is 9.44. The zero-order valence-electron chi connectivity index (χ0n) is 36.5. The van der Waals surface area contributed by atoms with Crippen LogP contribution >= 0.6 is 0 Å². The van der Waals surface area contributed by atoms with E-state index in [4.69, 9.17) is 15.1 Å². The van der Waals surface area contributed by atoms with Crippen LogP contribution in [-0.2, 0) is 0 Å². The quantitative estimate of drug-likeness (QED) is 0.145. The molecule has 0 aliphatic rings. The Morgan fingerprint density at radius 2 is 0.701 bits per heavy atom. The zero-order chi connectivity index (χ0) is 44.5. The lowest BCUT2D eigenvalue weighted by Gasteiger charge is -2.18. The van der Waals surface area contributed by atoms with Crippen molar-refractivity contribution in [2.45, 2.75) is 0 Å². The monoisotopic (exact) mass is 854 g/mol. The van der Waals surface area contributed by atoms with Gasteiger partial charge in [0.1, 0.15) is 5.69 Å². The molecule has 0 aliphatic heterocycles. The van der Waals surface area contributed by atoms with Crippen LogP contribution in [0.2, 0.25) is 0 Å². The summed E-state index contributed by atoms with van der Waals surface area (Å²) in [6.07, 6.45) is 0. The number of rotatable bonds is 9. The molecule has 0 atom stereocenters. The minimum Gasteiger partial charge on any atom is -0.231 e. The Labute approximate surface area is 389 Å². The standard InChI is InChI=1S/C63H42N4/c1-6-20-43(21-7-1)50-30-18-32-52(40-50)57-42-56(64-63(65-57)49-28-14-5-15-29-49)45-38-36-44(37-39-45)51-31-19-33-53(41-51)58-54-34-16-17-35-55(54)62-59(46-22-8-2-9-23-46)60(47-24-10-3-11-25-47)66-67(62)61(58)48-26-12-4-13-27-48/h1-42H. The van der Waals surface area contributed by atoms with Gasteiger partial charge in [0.25, 0.3) is 0 Å². The molecule has 0 N–H and O–H groups in total. The van der Waals surface area contributed by atoms with E-state index in [-0.39, 0.29) is 0 Å². The molecule has 0 saturated heterocycles. The van der Waals surface area contributed by atoms with Crippen LogP contribution in [0.5, 0.6) is 0 Å². The molecule has 0 aliphatic carbocycles. The highest BCUT2D eigenvalue weighted by molar-refractivity contribution is 6.15. The fourth-order valence-electron chi connectivity index (χ4n) is 9.44. The predicted molar refractivity (Wildman–Crippen MR) is 277 cm³/mol. The van der Waals surface area contributed by atoms with Gasteiger partial charge in [-0.25, -0.2) is 14.5 Å². The van der Waals surface area contributed by atoms with Crippen molar-refractivity contribution in [1.82, 2.24) is 19.6 Å². The highest BCUT2D eigenvalue weighted by atomic mass is 15.2. The van der Waals surface area contributed by atoms with Gasteiger partial charge in [0.05, 0.1) is 22.6 Å². The molecule has 0 fully saturated rings. The highest BCUT2D eigenvalue weighted by Gasteiger charge is 2.25. The molecule has 0 saturated carbocycles. The number of aromatic nitrogens is 4. The molecule has 67 heavy (non-hydrogen) atoms. The number of hydrogen-bond donors (Lipinski definition) is 0. The lowest BCUT2D eigenvalue weighted by atomic mass is 9.90. The summed E-state index contributed by atoms with van der Waals surface area (Å²) in [7, 11) is 0. The van der Waals surface area contributed by atoms with E-state index in [1.807, 2.05) is 24.3 Å². The van der Waals surface area contributed by atoms with E-state index in [2.05, 4.69) is 235 Å². The first-order valence-electron chi connectivity index (χ1n) is 22.7. The van der Waals surface area contributed by atoms with Gasteiger partial charge in [-0.2, -0.15) is 5.10 Å². The van der Waals surface area contributed by atoms with Gasteiger partial charge < -0.3 is 0 Å². The van der Waals surface area contributed by atoms with Crippen LogP contribution in [0.3, 0.4) is 0 Å². The summed E-state index contributed by atoms with van der Waals surface area (Å²) < 4.78 is 2.21. The average molecular weight is 855 g/mol. The minimum absolute atomic E-state index is 0.692. The van der Waals surface area contributed by atoms with Gasteiger partial charge in [-0.3, -0.25) is 0 Å². The van der Waals surface area contributed by atoms with Crippen molar-refractivity contribution in [1.29, 1.82) is 0 Å². The van der Waals surface area contributed by atoms with Crippen LogP contribution < -0.4 is 0 Å². The number of pyridine rings is 1. The lowest BCUT2D eigenvalue weighted by molar-refractivity contribution is 0.981. The summed E-state index contributed by atoms with van der Waals surface area (Å²) in [6.45, 7) is 0. The average Bonchev–Trinajstić information content (AvgIpc) is 3.83. The molecule has 4 heteroatoms. The van der Waals surface area contributed by atoms with E-state index < -0.39 is 0 Å². The van der Waals surface area contributed by atoms with Crippen molar-refractivity contribution in [3.8, 4) is 101 Å². The van der Waals surface area contributed by atoms with E-state index in [9.17, 15) is 0 Å². The highest BCUT2D eigenvalue weighted by Crippen LogP contribution is 2.46. The molecular formula is C63H42N4. The van der Waals surface area contributed by atoms with E-state index in [0.717, 1.165) is 100 Å². The second-order valence-corrected chi connectivity index (χ2v) is 16.8. The molecule has 9 aromatic carbocycles. The van der Waals surface area contributed by atoms with Gasteiger partial charge in [0.2, 0.25) is 0 Å². The third-order valence-electron chi connectivity index (χ3n) is 12.6. The number of benzene rings is 9. The predicted octanol–water partition coefficient (Wildman–Crippen LogP) is 16.3. The SMILES string of the molecule is c1ccc(-c2cccc(-c3cc(-c4ccc(-c5cccc(-c6c(-c7ccccc7)n7nc(-c8ccccc8)c(-c8ccccc8)c7c7ccccc67)c5)cc4)nc(-c4ccccc4)n3)c2)cc1. The summed E-state index contributed by atoms with van der Waals surface area (Å²) in [5.41, 5.74) is 19.1. The largest absolute Gasteiger partial charge is 0.231 e. The maximum absolute atomic E-state index is 5.57. The van der Waals surface area contributed by atoms with E-state index in [0.29, 0.717) is 5.82 Å². The Morgan fingerprint density at radius 1 is 0.269 bits per heavy atom. The fraction of sp³-hybridized carbons (Fsp3) is 0. The molecule has 3 heterocycles. The van der Waals surface area contributed by atoms with E-state index in [1.165, 1.54) is 10.9 Å². The first kappa shape index (κ1) is 39.6. The Hall–Kier alpha value is -8.99. The second-order valence-electron chi connectivity index (χ2n) is 16.8. The number of hydrogen-bond acceptors (Lipinski definition) is 3. The van der Waals surface area contributed by atoms with Gasteiger partial charge in [0, 0.05) is 44.3 Å². The molecule has 0 unspecified atom stereocenters. The van der Waals surface area contributed by atoms with Gasteiger partial charge in [-0.15, -0.1) is 0 Å². The molecule has 0 spiro atoms. The third-order valence-corrected chi connectivity index (χ3v) is 12.6. The molecular weight excluding hydrogens is 813 g/mol. The smallest absolute Gasteiger partial charge is 0.160 e. The van der Waals surface area contributed by atoms with Crippen molar-refractivity contribution < 1.29 is 0 Å². The molecule has 0 radical (unpaired) electrons. The van der Waals surface area contributed by atoms with Gasteiger partial charge >= 0.3 is 0 Å². The summed E-state index contributed by atoms with van der Waals surface area (Å²) in [6, 6.07) is 89.9. The molecule has 314 valence electrons. The van der Waals surface area contributed by atoms with Crippen molar-refractivity contribution in [2.24, 2.45) is 0 Å². The van der Waals surface area contributed by atoms with Crippen LogP contribution in [0.25, 0.3) is 117 Å². The Balaban J connectivity index is 0.996. The molecule has 3 aromatic heterocycles. The van der Waals surface area contributed by atoms with Gasteiger partial charge in [0.15, 0.2) is 5.82 Å². The Morgan fingerprint density at radius 3 is 1.33 bits per heavy atom. The van der Waals surface area contributed by atoms with Crippen LogP contribution in [0.1, 0.15) is 0 Å². The van der Waals surface area contributed by atoms with Crippen molar-refractivity contribution >= 4 is 16.3 Å². The maximum Gasteiger partial charge on any atom is 0.160 e. The second kappa shape index (κ2) is 17.2. The summed E-state index contributed by atoms with van der Waals surface area (Å²) in [4.78, 5) is 10.3. The molecule has 0 bridgehead atoms. The lowest BCUT2D eigenvalue weighted by Crippen LogP contribution is -2.00.